The van der Waals surface area contributed by atoms with Crippen LogP contribution in [0.1, 0.15) is 25.0 Å². The van der Waals surface area contributed by atoms with E-state index in [1.54, 1.807) is 0 Å². The van der Waals surface area contributed by atoms with E-state index in [1.807, 2.05) is 11.3 Å². The first-order chi connectivity index (χ1) is 27.6. The lowest BCUT2D eigenvalue weighted by Crippen LogP contribution is -2.17. The molecular weight excluding hydrogens is 693 g/mol. The zero-order valence-electron chi connectivity index (χ0n) is 31.2. The van der Waals surface area contributed by atoms with Crippen LogP contribution in [0.15, 0.2) is 182 Å². The lowest BCUT2D eigenvalue weighted by molar-refractivity contribution is 0.668. The number of benzene rings is 10. The van der Waals surface area contributed by atoms with Gasteiger partial charge in [-0.1, -0.05) is 184 Å². The fourth-order valence-corrected chi connectivity index (χ4v) is 11.5. The third kappa shape index (κ3) is 4.35. The quantitative estimate of drug-likeness (QED) is 0.159. The maximum Gasteiger partial charge on any atom is 0.0368 e. The number of rotatable bonds is 3. The second-order valence-corrected chi connectivity index (χ2v) is 17.0. The van der Waals surface area contributed by atoms with E-state index in [0.29, 0.717) is 0 Å². The SMILES string of the molecule is CC1(C)c2c(-c3ccc(-c4c5ccccc5c(-c5cccc6ccccc56)c5ccccc45)cc3)cc3sc4ccccc4c3c2-c2ccc3ccccc3c21. The molecule has 262 valence electrons. The minimum atomic E-state index is -0.194. The summed E-state index contributed by atoms with van der Waals surface area (Å²) >= 11 is 1.92. The highest BCUT2D eigenvalue weighted by Gasteiger charge is 2.41. The first-order valence-electron chi connectivity index (χ1n) is 19.6. The Morgan fingerprint density at radius 3 is 1.57 bits per heavy atom. The van der Waals surface area contributed by atoms with E-state index >= 15 is 0 Å². The Morgan fingerprint density at radius 2 is 0.875 bits per heavy atom. The van der Waals surface area contributed by atoms with E-state index in [0.717, 1.165) is 0 Å². The maximum absolute atomic E-state index is 2.49. The average molecular weight is 729 g/mol. The van der Waals surface area contributed by atoms with Crippen LogP contribution in [0.25, 0.3) is 108 Å². The molecule has 1 aliphatic rings. The van der Waals surface area contributed by atoms with E-state index in [2.05, 4.69) is 196 Å². The van der Waals surface area contributed by atoms with Gasteiger partial charge in [-0.3, -0.25) is 0 Å². The summed E-state index contributed by atoms with van der Waals surface area (Å²) in [4.78, 5) is 0. The third-order valence-electron chi connectivity index (χ3n) is 12.6. The van der Waals surface area contributed by atoms with Gasteiger partial charge in [0.25, 0.3) is 0 Å². The predicted molar refractivity (Wildman–Crippen MR) is 243 cm³/mol. The minimum absolute atomic E-state index is 0.194. The molecule has 10 aromatic carbocycles. The van der Waals surface area contributed by atoms with Crippen molar-refractivity contribution in [3.05, 3.63) is 193 Å². The van der Waals surface area contributed by atoms with E-state index in [4.69, 9.17) is 0 Å². The molecule has 0 atom stereocenters. The molecule has 1 heterocycles. The zero-order valence-corrected chi connectivity index (χ0v) is 32.0. The molecule has 1 heteroatoms. The molecule has 0 bridgehead atoms. The molecule has 0 saturated heterocycles. The molecule has 0 amide bonds. The van der Waals surface area contributed by atoms with Crippen molar-refractivity contribution in [1.82, 2.24) is 0 Å². The fraction of sp³-hybridized carbons (Fsp3) is 0.0545. The van der Waals surface area contributed by atoms with Crippen LogP contribution in [0.3, 0.4) is 0 Å². The second-order valence-electron chi connectivity index (χ2n) is 15.9. The molecule has 0 radical (unpaired) electrons. The van der Waals surface area contributed by atoms with Crippen molar-refractivity contribution < 1.29 is 0 Å². The van der Waals surface area contributed by atoms with Crippen molar-refractivity contribution in [2.75, 3.05) is 0 Å². The first-order valence-corrected chi connectivity index (χ1v) is 20.4. The second kappa shape index (κ2) is 11.7. The van der Waals surface area contributed by atoms with Crippen molar-refractivity contribution in [1.29, 1.82) is 0 Å². The van der Waals surface area contributed by atoms with Gasteiger partial charge >= 0.3 is 0 Å². The molecule has 1 aromatic heterocycles. The van der Waals surface area contributed by atoms with E-state index in [-0.39, 0.29) is 5.41 Å². The first kappa shape index (κ1) is 31.8. The molecule has 0 unspecified atom stereocenters. The van der Waals surface area contributed by atoms with Gasteiger partial charge in [0.05, 0.1) is 0 Å². The smallest absolute Gasteiger partial charge is 0.0368 e. The Hall–Kier alpha value is -6.54. The van der Waals surface area contributed by atoms with E-state index in [1.165, 1.54) is 119 Å². The topological polar surface area (TPSA) is 0 Å². The molecule has 0 nitrogen and oxygen atoms in total. The summed E-state index contributed by atoms with van der Waals surface area (Å²) in [6, 6.07) is 68.0. The largest absolute Gasteiger partial charge is 0.135 e. The highest BCUT2D eigenvalue weighted by molar-refractivity contribution is 7.26. The van der Waals surface area contributed by atoms with Gasteiger partial charge in [-0.2, -0.15) is 0 Å². The van der Waals surface area contributed by atoms with Crippen molar-refractivity contribution in [2.45, 2.75) is 19.3 Å². The van der Waals surface area contributed by atoms with Crippen LogP contribution < -0.4 is 0 Å². The van der Waals surface area contributed by atoms with Gasteiger partial charge in [-0.05, 0) is 111 Å². The summed E-state index contributed by atoms with van der Waals surface area (Å²) < 4.78 is 2.69. The summed E-state index contributed by atoms with van der Waals surface area (Å²) in [5, 5.41) is 13.1. The minimum Gasteiger partial charge on any atom is -0.135 e. The molecule has 0 aliphatic heterocycles. The van der Waals surface area contributed by atoms with Crippen LogP contribution in [0.5, 0.6) is 0 Å². The van der Waals surface area contributed by atoms with Gasteiger partial charge in [-0.25, -0.2) is 0 Å². The Bertz CT molecular complexity index is 3370. The lowest BCUT2D eigenvalue weighted by Gasteiger charge is -2.26. The summed E-state index contributed by atoms with van der Waals surface area (Å²) in [6.45, 7) is 4.89. The molecule has 0 spiro atoms. The number of thiophene rings is 1. The van der Waals surface area contributed by atoms with Crippen molar-refractivity contribution >= 4 is 74.6 Å². The Kier molecular flexibility index (Phi) is 6.66. The zero-order chi connectivity index (χ0) is 37.1. The van der Waals surface area contributed by atoms with Crippen LogP contribution in [-0.2, 0) is 5.41 Å². The number of fused-ring (bicyclic) bond motifs is 12. The summed E-state index contributed by atoms with van der Waals surface area (Å²) in [6.07, 6.45) is 0. The van der Waals surface area contributed by atoms with Crippen LogP contribution in [0.4, 0.5) is 0 Å². The van der Waals surface area contributed by atoms with Gasteiger partial charge < -0.3 is 0 Å². The summed E-state index contributed by atoms with van der Waals surface area (Å²) in [5.41, 5.74) is 13.2. The molecular formula is C55H36S. The number of hydrogen-bond acceptors (Lipinski definition) is 1. The number of hydrogen-bond donors (Lipinski definition) is 0. The molecule has 12 rings (SSSR count). The fourth-order valence-electron chi connectivity index (χ4n) is 10.3. The van der Waals surface area contributed by atoms with Crippen LogP contribution in [-0.4, -0.2) is 0 Å². The summed E-state index contributed by atoms with van der Waals surface area (Å²) in [5.74, 6) is 0. The Labute approximate surface area is 329 Å². The van der Waals surface area contributed by atoms with Gasteiger partial charge in [0.2, 0.25) is 0 Å². The van der Waals surface area contributed by atoms with Gasteiger partial charge in [0, 0.05) is 25.6 Å². The molecule has 0 N–H and O–H groups in total. The van der Waals surface area contributed by atoms with Crippen molar-refractivity contribution in [3.8, 4) is 44.5 Å². The normalized spacial score (nSPS) is 13.3. The Morgan fingerprint density at radius 1 is 0.339 bits per heavy atom. The maximum atomic E-state index is 2.49. The van der Waals surface area contributed by atoms with Crippen LogP contribution in [0, 0.1) is 0 Å². The highest BCUT2D eigenvalue weighted by Crippen LogP contribution is 2.58. The highest BCUT2D eigenvalue weighted by atomic mass is 32.1. The summed E-state index contributed by atoms with van der Waals surface area (Å²) in [7, 11) is 0. The molecule has 56 heavy (non-hydrogen) atoms. The van der Waals surface area contributed by atoms with Crippen molar-refractivity contribution in [3.63, 3.8) is 0 Å². The van der Waals surface area contributed by atoms with E-state index in [9.17, 15) is 0 Å². The Balaban J connectivity index is 1.10. The van der Waals surface area contributed by atoms with Gasteiger partial charge in [0.15, 0.2) is 0 Å². The molecule has 0 saturated carbocycles. The molecule has 1 aliphatic carbocycles. The van der Waals surface area contributed by atoms with Gasteiger partial charge in [-0.15, -0.1) is 11.3 Å². The predicted octanol–water partition coefficient (Wildman–Crippen LogP) is 16.0. The lowest BCUT2D eigenvalue weighted by atomic mass is 9.77. The standard InChI is InChI=1S/C55H36S/c1-55(2)53-38-18-6-4-15-34(38)30-31-45(53)52-51-44-23-11-12-25-47(44)56-48(51)32-46(54(52)55)35-26-28-36(29-27-35)49-40-19-7-9-21-42(40)50(43-22-10-8-20-41(43)49)39-24-13-16-33-14-3-5-17-37(33)39/h3-32H,1-2H3. The molecule has 0 fully saturated rings. The monoisotopic (exact) mass is 728 g/mol. The average Bonchev–Trinajstić information content (AvgIpc) is 3.74. The van der Waals surface area contributed by atoms with Crippen LogP contribution in [0.2, 0.25) is 0 Å². The third-order valence-corrected chi connectivity index (χ3v) is 13.7. The molecule has 11 aromatic rings. The van der Waals surface area contributed by atoms with Crippen molar-refractivity contribution in [2.24, 2.45) is 0 Å². The van der Waals surface area contributed by atoms with E-state index < -0.39 is 0 Å². The van der Waals surface area contributed by atoms with Gasteiger partial charge in [0.1, 0.15) is 0 Å². The van der Waals surface area contributed by atoms with Crippen LogP contribution >= 0.6 is 11.3 Å².